The van der Waals surface area contributed by atoms with Gasteiger partial charge in [-0.05, 0) is 47.9 Å². The van der Waals surface area contributed by atoms with Gasteiger partial charge in [-0.15, -0.1) is 0 Å². The number of anilines is 1. The molecule has 0 spiro atoms. The number of nitrogens with zero attached hydrogens (tertiary/aromatic N) is 3. The van der Waals surface area contributed by atoms with E-state index in [9.17, 15) is 18.8 Å². The van der Waals surface area contributed by atoms with Gasteiger partial charge in [-0.1, -0.05) is 36.4 Å². The number of amides is 3. The van der Waals surface area contributed by atoms with Crippen LogP contribution in [0.4, 0.5) is 10.1 Å². The number of carbonyl (C=O) groups excluding carboxylic acids is 3. The molecule has 1 fully saturated rings. The van der Waals surface area contributed by atoms with Crippen LogP contribution in [-0.4, -0.2) is 58.3 Å². The molecule has 0 atom stereocenters. The van der Waals surface area contributed by atoms with Crippen LogP contribution in [0.3, 0.4) is 0 Å². The minimum absolute atomic E-state index is 0.000310. The summed E-state index contributed by atoms with van der Waals surface area (Å²) in [6.07, 6.45) is 1.71. The van der Waals surface area contributed by atoms with Gasteiger partial charge in [0.1, 0.15) is 18.1 Å². The second-order valence-corrected chi connectivity index (χ2v) is 8.69. The van der Waals surface area contributed by atoms with Crippen molar-refractivity contribution >= 4 is 34.2 Å². The van der Waals surface area contributed by atoms with Crippen LogP contribution in [0.1, 0.15) is 20.8 Å². The molecule has 2 heterocycles. The van der Waals surface area contributed by atoms with E-state index >= 15 is 0 Å². The summed E-state index contributed by atoms with van der Waals surface area (Å²) in [6, 6.07) is 22.4. The molecule has 1 saturated heterocycles. The average molecular weight is 485 g/mol. The summed E-state index contributed by atoms with van der Waals surface area (Å²) in [5, 5.41) is 4.93. The minimum Gasteiger partial charge on any atom is -0.335 e. The highest BCUT2D eigenvalue weighted by molar-refractivity contribution is 6.02. The van der Waals surface area contributed by atoms with Crippen molar-refractivity contribution in [1.29, 1.82) is 0 Å². The number of fused-ring (bicyclic) bond motifs is 1. The molecule has 3 aromatic carbocycles. The number of halogens is 1. The Morgan fingerprint density at radius 1 is 0.750 bits per heavy atom. The monoisotopic (exact) mass is 484 g/mol. The van der Waals surface area contributed by atoms with E-state index in [1.54, 1.807) is 32.7 Å². The number of aromatic nitrogens is 1. The molecule has 36 heavy (non-hydrogen) atoms. The van der Waals surface area contributed by atoms with Gasteiger partial charge in [0.15, 0.2) is 0 Å². The van der Waals surface area contributed by atoms with Gasteiger partial charge in [-0.25, -0.2) is 4.39 Å². The minimum atomic E-state index is -0.393. The third-order valence-electron chi connectivity index (χ3n) is 6.37. The second kappa shape index (κ2) is 10.0. The first-order chi connectivity index (χ1) is 17.5. The summed E-state index contributed by atoms with van der Waals surface area (Å²) in [5.74, 6) is -0.996. The highest BCUT2D eigenvalue weighted by Gasteiger charge is 2.27. The molecule has 8 heteroatoms. The van der Waals surface area contributed by atoms with Crippen LogP contribution in [0, 0.1) is 5.82 Å². The number of benzene rings is 3. The van der Waals surface area contributed by atoms with Gasteiger partial charge in [0.25, 0.3) is 11.8 Å². The van der Waals surface area contributed by atoms with Crippen molar-refractivity contribution in [2.75, 3.05) is 31.5 Å². The predicted molar refractivity (Wildman–Crippen MR) is 135 cm³/mol. The van der Waals surface area contributed by atoms with Crippen LogP contribution in [0.2, 0.25) is 0 Å². The number of nitrogens with one attached hydrogen (secondary N) is 1. The Hall–Kier alpha value is -4.46. The van der Waals surface area contributed by atoms with Crippen LogP contribution >= 0.6 is 0 Å². The Morgan fingerprint density at radius 3 is 2.17 bits per heavy atom. The number of hydrogen-bond acceptors (Lipinski definition) is 3. The molecular weight excluding hydrogens is 459 g/mol. The Kier molecular flexibility index (Phi) is 6.49. The van der Waals surface area contributed by atoms with Crippen molar-refractivity contribution in [1.82, 2.24) is 14.4 Å². The SMILES string of the molecule is O=C(Cn1cccc1C(=O)N1CCN(C(=O)c2ccc(F)cc2)CC1)Nc1cccc2ccccc12. The maximum absolute atomic E-state index is 13.2. The molecule has 0 aliphatic carbocycles. The highest BCUT2D eigenvalue weighted by atomic mass is 19.1. The normalized spacial score (nSPS) is 13.6. The lowest BCUT2D eigenvalue weighted by Crippen LogP contribution is -2.51. The number of carbonyl (C=O) groups is 3. The molecule has 0 saturated carbocycles. The van der Waals surface area contributed by atoms with Gasteiger partial charge in [0, 0.05) is 49.0 Å². The third-order valence-corrected chi connectivity index (χ3v) is 6.37. The molecule has 1 aliphatic heterocycles. The third kappa shape index (κ3) is 4.84. The molecule has 5 rings (SSSR count). The molecule has 4 aromatic rings. The summed E-state index contributed by atoms with van der Waals surface area (Å²) >= 11 is 0. The Morgan fingerprint density at radius 2 is 1.42 bits per heavy atom. The summed E-state index contributed by atoms with van der Waals surface area (Å²) in [7, 11) is 0. The van der Waals surface area contributed by atoms with Crippen molar-refractivity contribution in [3.05, 3.63) is 102 Å². The van der Waals surface area contributed by atoms with E-state index in [-0.39, 0.29) is 24.3 Å². The topological polar surface area (TPSA) is 74.7 Å². The van der Waals surface area contributed by atoms with E-state index in [1.165, 1.54) is 24.3 Å². The van der Waals surface area contributed by atoms with E-state index in [2.05, 4.69) is 5.32 Å². The van der Waals surface area contributed by atoms with E-state index in [1.807, 2.05) is 42.5 Å². The fourth-order valence-corrected chi connectivity index (χ4v) is 4.47. The van der Waals surface area contributed by atoms with Crippen LogP contribution in [0.5, 0.6) is 0 Å². The van der Waals surface area contributed by atoms with Gasteiger partial charge >= 0.3 is 0 Å². The van der Waals surface area contributed by atoms with Crippen LogP contribution in [0.25, 0.3) is 10.8 Å². The average Bonchev–Trinajstić information content (AvgIpc) is 3.36. The lowest BCUT2D eigenvalue weighted by Gasteiger charge is -2.35. The van der Waals surface area contributed by atoms with Crippen molar-refractivity contribution in [2.24, 2.45) is 0 Å². The van der Waals surface area contributed by atoms with Gasteiger partial charge in [-0.2, -0.15) is 0 Å². The van der Waals surface area contributed by atoms with Gasteiger partial charge < -0.3 is 19.7 Å². The zero-order chi connectivity index (χ0) is 25.1. The lowest BCUT2D eigenvalue weighted by atomic mass is 10.1. The molecule has 3 amide bonds. The summed E-state index contributed by atoms with van der Waals surface area (Å²) in [4.78, 5) is 42.1. The maximum atomic E-state index is 13.2. The van der Waals surface area contributed by atoms with Gasteiger partial charge in [0.05, 0.1) is 0 Å². The van der Waals surface area contributed by atoms with Gasteiger partial charge in [0.2, 0.25) is 5.91 Å². The molecule has 0 unspecified atom stereocenters. The molecular formula is C28H25FN4O3. The summed E-state index contributed by atoms with van der Waals surface area (Å²) in [5.41, 5.74) is 1.56. The van der Waals surface area contributed by atoms with E-state index < -0.39 is 5.82 Å². The zero-order valence-corrected chi connectivity index (χ0v) is 19.6. The quantitative estimate of drug-likeness (QED) is 0.465. The van der Waals surface area contributed by atoms with E-state index in [0.29, 0.717) is 37.4 Å². The highest BCUT2D eigenvalue weighted by Crippen LogP contribution is 2.23. The Balaban J connectivity index is 1.21. The Bertz CT molecular complexity index is 1420. The first-order valence-electron chi connectivity index (χ1n) is 11.8. The van der Waals surface area contributed by atoms with Crippen molar-refractivity contribution in [2.45, 2.75) is 6.54 Å². The zero-order valence-electron chi connectivity index (χ0n) is 19.6. The number of rotatable bonds is 5. The molecule has 1 aliphatic rings. The Labute approximate surface area is 207 Å². The van der Waals surface area contributed by atoms with Gasteiger partial charge in [-0.3, -0.25) is 14.4 Å². The molecule has 7 nitrogen and oxygen atoms in total. The van der Waals surface area contributed by atoms with Crippen molar-refractivity contribution in [3.8, 4) is 0 Å². The fraction of sp³-hybridized carbons (Fsp3) is 0.179. The molecule has 182 valence electrons. The molecule has 0 radical (unpaired) electrons. The van der Waals surface area contributed by atoms with E-state index in [0.717, 1.165) is 16.5 Å². The standard InChI is InChI=1S/C28H25FN4O3/c29-22-12-10-21(11-13-22)27(35)31-15-17-32(18-16-31)28(36)25-9-4-14-33(25)19-26(34)30-24-8-3-6-20-5-1-2-7-23(20)24/h1-14H,15-19H2,(H,30,34). The van der Waals surface area contributed by atoms with Crippen molar-refractivity contribution in [3.63, 3.8) is 0 Å². The molecule has 1 aromatic heterocycles. The second-order valence-electron chi connectivity index (χ2n) is 8.69. The summed E-state index contributed by atoms with van der Waals surface area (Å²) < 4.78 is 14.8. The number of hydrogen-bond donors (Lipinski definition) is 1. The van der Waals surface area contributed by atoms with Crippen LogP contribution in [0.15, 0.2) is 85.1 Å². The molecule has 0 bridgehead atoms. The maximum Gasteiger partial charge on any atom is 0.270 e. The van der Waals surface area contributed by atoms with Crippen LogP contribution < -0.4 is 5.32 Å². The first kappa shape index (κ1) is 23.3. The number of piperazine rings is 1. The van der Waals surface area contributed by atoms with Crippen molar-refractivity contribution < 1.29 is 18.8 Å². The molecule has 1 N–H and O–H groups in total. The largest absolute Gasteiger partial charge is 0.335 e. The predicted octanol–water partition coefficient (Wildman–Crippen LogP) is 4.02. The smallest absolute Gasteiger partial charge is 0.270 e. The first-order valence-corrected chi connectivity index (χ1v) is 11.8. The fourth-order valence-electron chi connectivity index (χ4n) is 4.47. The summed E-state index contributed by atoms with van der Waals surface area (Å²) in [6.45, 7) is 1.51. The van der Waals surface area contributed by atoms with Crippen LogP contribution in [-0.2, 0) is 11.3 Å². The van der Waals surface area contributed by atoms with E-state index in [4.69, 9.17) is 0 Å². The lowest BCUT2D eigenvalue weighted by molar-refractivity contribution is -0.116.